The third-order valence-electron chi connectivity index (χ3n) is 10.5. The first-order valence-corrected chi connectivity index (χ1v) is 25.5. The van der Waals surface area contributed by atoms with Crippen molar-refractivity contribution >= 4 is 55.1 Å². The van der Waals surface area contributed by atoms with Crippen molar-refractivity contribution in [3.8, 4) is 23.1 Å². The van der Waals surface area contributed by atoms with Crippen LogP contribution in [-0.4, -0.2) is 60.2 Å². The highest BCUT2D eigenvalue weighted by Gasteiger charge is 2.17. The molecule has 0 aliphatic heterocycles. The van der Waals surface area contributed by atoms with Gasteiger partial charge in [0.2, 0.25) is 10.0 Å². The van der Waals surface area contributed by atoms with Crippen molar-refractivity contribution in [3.05, 3.63) is 76.8 Å². The fraction of sp³-hybridized carbons (Fsp3) is 0.532. The summed E-state index contributed by atoms with van der Waals surface area (Å²) in [6, 6.07) is 14.3. The first-order chi connectivity index (χ1) is 31.8. The van der Waals surface area contributed by atoms with Crippen LogP contribution in [0.1, 0.15) is 134 Å². The van der Waals surface area contributed by atoms with E-state index in [-0.39, 0.29) is 17.8 Å². The lowest BCUT2D eigenvalue weighted by molar-refractivity contribution is 0.237. The fourth-order valence-corrected chi connectivity index (χ4v) is 8.68. The summed E-state index contributed by atoms with van der Waals surface area (Å²) in [6.07, 6.45) is 17.4. The van der Waals surface area contributed by atoms with E-state index in [1.54, 1.807) is 31.3 Å². The first kappa shape index (κ1) is 54.3. The summed E-state index contributed by atoms with van der Waals surface area (Å²) in [4.78, 5) is 32.1. The lowest BCUT2D eigenvalue weighted by Gasteiger charge is -2.17. The summed E-state index contributed by atoms with van der Waals surface area (Å²) in [7, 11) is -1.81. The third kappa shape index (κ3) is 20.4. The molecule has 2 aromatic heterocycles. The normalized spacial score (nSPS) is 11.2. The van der Waals surface area contributed by atoms with Crippen LogP contribution in [0.2, 0.25) is 0 Å². The first-order valence-electron chi connectivity index (χ1n) is 23.1. The Balaban J connectivity index is 0.000000393. The molecule has 0 fully saturated rings. The molecule has 0 aliphatic rings. The number of aromatic nitrogens is 3. The topological polar surface area (TPSA) is 221 Å². The molecule has 2 aromatic carbocycles. The Bertz CT molecular complexity index is 2280. The number of ether oxygens (including phenoxy) is 1. The average molecular weight is 947 g/mol. The molecule has 0 radical (unpaired) electrons. The van der Waals surface area contributed by atoms with Gasteiger partial charge in [0.1, 0.15) is 17.4 Å². The maximum absolute atomic E-state index is 12.7. The SMILES string of the molecule is Cc1ccc(OCCCNC(=O)NNc2c(C#N)cnn2C)c(C)c1.[C-]#[N+]c1sc(NNC(=O)NC(CC)CCCC)nc1-c1cccc(NS(=O)(=O)CCCCCCCCCCCC)c1. The van der Waals surface area contributed by atoms with E-state index in [0.717, 1.165) is 67.6 Å². The van der Waals surface area contributed by atoms with Gasteiger partial charge < -0.3 is 15.4 Å². The van der Waals surface area contributed by atoms with Crippen LogP contribution in [0.3, 0.4) is 0 Å². The number of benzene rings is 2. The molecule has 4 rings (SSSR count). The highest BCUT2D eigenvalue weighted by Crippen LogP contribution is 2.38. The van der Waals surface area contributed by atoms with E-state index in [2.05, 4.69) is 71.9 Å². The molecule has 0 aliphatic carbocycles. The molecule has 66 heavy (non-hydrogen) atoms. The van der Waals surface area contributed by atoms with Gasteiger partial charge in [0.05, 0.1) is 30.8 Å². The molecule has 0 bridgehead atoms. The number of nitrogens with one attached hydrogen (secondary N) is 7. The van der Waals surface area contributed by atoms with Gasteiger partial charge in [0.25, 0.3) is 5.00 Å². The van der Waals surface area contributed by atoms with Gasteiger partial charge >= 0.3 is 12.1 Å². The molecular weight excluding hydrogens is 877 g/mol. The Morgan fingerprint density at radius 2 is 1.61 bits per heavy atom. The van der Waals surface area contributed by atoms with Crippen molar-refractivity contribution in [2.75, 3.05) is 34.5 Å². The lowest BCUT2D eigenvalue weighted by Crippen LogP contribution is -2.44. The minimum atomic E-state index is -3.48. The Hall–Kier alpha value is -6.05. The number of unbranched alkanes of at least 4 members (excludes halogenated alkanes) is 10. The lowest BCUT2D eigenvalue weighted by atomic mass is 10.1. The molecule has 1 atom stereocenters. The maximum Gasteiger partial charge on any atom is 0.333 e. The standard InChI is InChI=1S/C30H48N6O3S2.C17H22N6O2/c1-5-8-10-11-12-13-14-15-16-17-22-41(38,39)36-26-21-18-19-24(23-26)27-28(31-4)40-30(33-27)35-34-29(37)32-25(7-3)20-9-6-2;1-12-5-6-15(13(2)9-12)25-8-4-7-19-17(24)22-21-16-14(10-18)11-20-23(16)3/h18-19,21,23,25,36H,5-17,20,22H2,1-3H3,(H,33,35)(H2,32,34,37);5-6,9,11,21H,4,7-8H2,1-3H3,(H2,19,22,24). The summed E-state index contributed by atoms with van der Waals surface area (Å²) in [5, 5.41) is 19.2. The second-order valence-electron chi connectivity index (χ2n) is 16.1. The number of hydrogen-bond acceptors (Lipinski definition) is 11. The van der Waals surface area contributed by atoms with Gasteiger partial charge in [-0.2, -0.15) is 10.4 Å². The van der Waals surface area contributed by atoms with E-state index >= 15 is 0 Å². The smallest absolute Gasteiger partial charge is 0.333 e. The molecule has 1 unspecified atom stereocenters. The average Bonchev–Trinajstić information content (AvgIpc) is 3.89. The quantitative estimate of drug-likeness (QED) is 0.0162. The van der Waals surface area contributed by atoms with E-state index in [1.807, 2.05) is 39.0 Å². The molecule has 2 heterocycles. The molecule has 17 nitrogen and oxygen atoms in total. The molecule has 0 saturated carbocycles. The summed E-state index contributed by atoms with van der Waals surface area (Å²) >= 11 is 1.12. The number of carbonyl (C=O) groups is 2. The van der Waals surface area contributed by atoms with Gasteiger partial charge in [-0.15, -0.1) is 11.3 Å². The van der Waals surface area contributed by atoms with Crippen LogP contribution in [0.4, 0.5) is 31.2 Å². The number of sulfonamides is 1. The van der Waals surface area contributed by atoms with Gasteiger partial charge in [-0.1, -0.05) is 121 Å². The largest absolute Gasteiger partial charge is 0.493 e. The van der Waals surface area contributed by atoms with Crippen LogP contribution in [0.15, 0.2) is 48.7 Å². The van der Waals surface area contributed by atoms with Crippen molar-refractivity contribution in [1.29, 1.82) is 5.26 Å². The highest BCUT2D eigenvalue weighted by molar-refractivity contribution is 7.92. The number of hydrazine groups is 2. The number of anilines is 3. The second kappa shape index (κ2) is 30.2. The molecule has 0 spiro atoms. The predicted octanol–water partition coefficient (Wildman–Crippen LogP) is 10.6. The van der Waals surface area contributed by atoms with Crippen molar-refractivity contribution in [2.45, 2.75) is 137 Å². The van der Waals surface area contributed by atoms with Crippen LogP contribution >= 0.6 is 11.3 Å². The molecule has 7 N–H and O–H groups in total. The van der Waals surface area contributed by atoms with Crippen LogP contribution in [0, 0.1) is 31.8 Å². The van der Waals surface area contributed by atoms with Gasteiger partial charge in [-0.25, -0.2) is 33.3 Å². The van der Waals surface area contributed by atoms with Gasteiger partial charge in [-0.05, 0) is 68.9 Å². The van der Waals surface area contributed by atoms with E-state index in [4.69, 9.17) is 16.6 Å². The zero-order chi connectivity index (χ0) is 48.2. The molecule has 19 heteroatoms. The van der Waals surface area contributed by atoms with E-state index < -0.39 is 16.1 Å². The summed E-state index contributed by atoms with van der Waals surface area (Å²) in [5.41, 5.74) is 14.7. The molecule has 360 valence electrons. The number of hydrogen-bond donors (Lipinski definition) is 7. The predicted molar refractivity (Wildman–Crippen MR) is 266 cm³/mol. The Labute approximate surface area is 396 Å². The summed E-state index contributed by atoms with van der Waals surface area (Å²) in [6.45, 7) is 19.0. The number of carbonyl (C=O) groups excluding carboxylic acids is 2. The monoisotopic (exact) mass is 947 g/mol. The van der Waals surface area contributed by atoms with Crippen LogP contribution in [-0.2, 0) is 17.1 Å². The second-order valence-corrected chi connectivity index (χ2v) is 18.9. The van der Waals surface area contributed by atoms with Crippen LogP contribution < -0.4 is 41.8 Å². The zero-order valence-electron chi connectivity index (χ0n) is 39.5. The summed E-state index contributed by atoms with van der Waals surface area (Å²) in [5.74, 6) is 1.37. The third-order valence-corrected chi connectivity index (χ3v) is 12.7. The zero-order valence-corrected chi connectivity index (χ0v) is 41.2. The Kier molecular flexibility index (Phi) is 24.8. The molecule has 4 aromatic rings. The van der Waals surface area contributed by atoms with Gasteiger partial charge in [0, 0.05) is 25.3 Å². The Morgan fingerprint density at radius 3 is 2.27 bits per heavy atom. The number of nitrogens with zero attached hydrogens (tertiary/aromatic N) is 5. The fourth-order valence-electron chi connectivity index (χ4n) is 6.78. The number of urea groups is 2. The van der Waals surface area contributed by atoms with Crippen molar-refractivity contribution in [3.63, 3.8) is 0 Å². The van der Waals surface area contributed by atoms with Crippen molar-refractivity contribution in [2.24, 2.45) is 7.05 Å². The highest BCUT2D eigenvalue weighted by atomic mass is 32.2. The molecular formula is C47H70N12O5S2. The van der Waals surface area contributed by atoms with E-state index in [9.17, 15) is 18.0 Å². The summed E-state index contributed by atoms with van der Waals surface area (Å²) < 4.78 is 35.2. The number of nitriles is 1. The molecule has 0 saturated heterocycles. The number of thiazole rings is 1. The van der Waals surface area contributed by atoms with Crippen molar-refractivity contribution in [1.82, 2.24) is 36.2 Å². The maximum atomic E-state index is 12.7. The minimum Gasteiger partial charge on any atom is -0.493 e. The minimum absolute atomic E-state index is 0.0802. The number of rotatable bonds is 28. The number of amides is 4. The Morgan fingerprint density at radius 1 is 0.909 bits per heavy atom. The van der Waals surface area contributed by atoms with Crippen LogP contribution in [0.25, 0.3) is 16.1 Å². The van der Waals surface area contributed by atoms with Crippen molar-refractivity contribution < 1.29 is 22.7 Å². The van der Waals surface area contributed by atoms with E-state index in [1.165, 1.54) is 55.0 Å². The number of aryl methyl sites for hydroxylation is 3. The van der Waals surface area contributed by atoms with Gasteiger partial charge in [0.15, 0.2) is 10.9 Å². The molecule has 4 amide bonds. The van der Waals surface area contributed by atoms with Gasteiger partial charge in [-0.3, -0.25) is 25.7 Å². The van der Waals surface area contributed by atoms with Crippen LogP contribution in [0.5, 0.6) is 5.75 Å². The van der Waals surface area contributed by atoms with E-state index in [0.29, 0.717) is 64.5 Å².